The average molecular weight is 399 g/mol. The SMILES string of the molecule is O=C(O)CN(CC1CC1)C1CC(NC(=O)CCc2ccc(Cl)cc2Cl)C1. The lowest BCUT2D eigenvalue weighted by Crippen LogP contribution is -2.55. The number of carboxylic acid groups (broad SMARTS) is 1. The zero-order valence-electron chi connectivity index (χ0n) is 14.6. The average Bonchev–Trinajstić information content (AvgIpc) is 3.32. The molecule has 2 aliphatic rings. The minimum absolute atomic E-state index is 0.00597. The van der Waals surface area contributed by atoms with Gasteiger partial charge in [0.25, 0.3) is 0 Å². The maximum atomic E-state index is 12.2. The number of nitrogens with one attached hydrogen (secondary N) is 1. The highest BCUT2D eigenvalue weighted by molar-refractivity contribution is 6.35. The van der Waals surface area contributed by atoms with Gasteiger partial charge < -0.3 is 10.4 Å². The second-order valence-corrected chi connectivity index (χ2v) is 8.24. The van der Waals surface area contributed by atoms with Crippen LogP contribution in [0.2, 0.25) is 10.0 Å². The summed E-state index contributed by atoms with van der Waals surface area (Å²) >= 11 is 12.0. The van der Waals surface area contributed by atoms with Crippen LogP contribution in [-0.4, -0.2) is 47.1 Å². The molecule has 142 valence electrons. The van der Waals surface area contributed by atoms with Gasteiger partial charge >= 0.3 is 5.97 Å². The number of nitrogens with zero attached hydrogens (tertiary/aromatic N) is 1. The van der Waals surface area contributed by atoms with Gasteiger partial charge in [0.1, 0.15) is 0 Å². The summed E-state index contributed by atoms with van der Waals surface area (Å²) in [6.07, 6.45) is 5.02. The molecule has 2 fully saturated rings. The van der Waals surface area contributed by atoms with Crippen molar-refractivity contribution in [2.75, 3.05) is 13.1 Å². The molecule has 5 nitrogen and oxygen atoms in total. The summed E-state index contributed by atoms with van der Waals surface area (Å²) in [6, 6.07) is 5.71. The van der Waals surface area contributed by atoms with Crippen molar-refractivity contribution in [2.45, 2.75) is 50.6 Å². The third-order valence-corrected chi connectivity index (χ3v) is 5.75. The van der Waals surface area contributed by atoms with Crippen LogP contribution in [0.1, 0.15) is 37.7 Å². The van der Waals surface area contributed by atoms with Crippen LogP contribution in [-0.2, 0) is 16.0 Å². The van der Waals surface area contributed by atoms with Gasteiger partial charge in [-0.2, -0.15) is 0 Å². The molecular weight excluding hydrogens is 375 g/mol. The lowest BCUT2D eigenvalue weighted by atomic mass is 9.85. The van der Waals surface area contributed by atoms with Crippen LogP contribution in [0.4, 0.5) is 0 Å². The maximum Gasteiger partial charge on any atom is 0.317 e. The molecule has 3 rings (SSSR count). The molecule has 0 aliphatic heterocycles. The van der Waals surface area contributed by atoms with Crippen LogP contribution in [0.5, 0.6) is 0 Å². The van der Waals surface area contributed by atoms with Gasteiger partial charge in [-0.1, -0.05) is 29.3 Å². The van der Waals surface area contributed by atoms with E-state index in [9.17, 15) is 9.59 Å². The number of carbonyl (C=O) groups is 2. The van der Waals surface area contributed by atoms with Crippen LogP contribution in [0, 0.1) is 5.92 Å². The number of aryl methyl sites for hydroxylation is 1. The minimum Gasteiger partial charge on any atom is -0.480 e. The Morgan fingerprint density at radius 2 is 1.96 bits per heavy atom. The van der Waals surface area contributed by atoms with E-state index >= 15 is 0 Å². The summed E-state index contributed by atoms with van der Waals surface area (Å²) in [5.41, 5.74) is 0.912. The largest absolute Gasteiger partial charge is 0.480 e. The Kier molecular flexibility index (Phi) is 6.43. The van der Waals surface area contributed by atoms with Gasteiger partial charge in [0.15, 0.2) is 0 Å². The number of amides is 1. The van der Waals surface area contributed by atoms with Crippen LogP contribution < -0.4 is 5.32 Å². The molecule has 0 spiro atoms. The quantitative estimate of drug-likeness (QED) is 0.668. The summed E-state index contributed by atoms with van der Waals surface area (Å²) in [5.74, 6) is -0.114. The minimum atomic E-state index is -0.780. The van der Waals surface area contributed by atoms with Crippen molar-refractivity contribution in [3.8, 4) is 0 Å². The van der Waals surface area contributed by atoms with Gasteiger partial charge in [-0.15, -0.1) is 0 Å². The van der Waals surface area contributed by atoms with Crippen molar-refractivity contribution in [3.63, 3.8) is 0 Å². The summed E-state index contributed by atoms with van der Waals surface area (Å²) in [5, 5.41) is 13.3. The van der Waals surface area contributed by atoms with Crippen LogP contribution in [0.15, 0.2) is 18.2 Å². The van der Waals surface area contributed by atoms with Crippen molar-refractivity contribution in [3.05, 3.63) is 33.8 Å². The standard InChI is InChI=1S/C19H24Cl2N2O3/c20-14-5-3-13(17(21)7-14)4-6-18(24)22-15-8-16(9-15)23(11-19(25)26)10-12-1-2-12/h3,5,7,12,15-16H,1-2,4,6,8-11H2,(H,22,24)(H,25,26). The normalized spacial score (nSPS) is 22.1. The van der Waals surface area contributed by atoms with E-state index in [4.69, 9.17) is 28.3 Å². The zero-order chi connectivity index (χ0) is 18.7. The lowest BCUT2D eigenvalue weighted by Gasteiger charge is -2.42. The van der Waals surface area contributed by atoms with Crippen molar-refractivity contribution in [2.24, 2.45) is 5.92 Å². The summed E-state index contributed by atoms with van der Waals surface area (Å²) in [6.45, 7) is 0.962. The van der Waals surface area contributed by atoms with E-state index in [2.05, 4.69) is 10.2 Å². The zero-order valence-corrected chi connectivity index (χ0v) is 16.1. The first-order valence-electron chi connectivity index (χ1n) is 9.10. The van der Waals surface area contributed by atoms with E-state index in [1.54, 1.807) is 12.1 Å². The van der Waals surface area contributed by atoms with Gasteiger partial charge in [-0.25, -0.2) is 0 Å². The highest BCUT2D eigenvalue weighted by Gasteiger charge is 2.37. The molecule has 0 atom stereocenters. The molecule has 26 heavy (non-hydrogen) atoms. The molecule has 0 saturated heterocycles. The molecule has 2 N–H and O–H groups in total. The number of halogens is 2. The monoisotopic (exact) mass is 398 g/mol. The van der Waals surface area contributed by atoms with Crippen molar-refractivity contribution >= 4 is 35.1 Å². The molecule has 1 aromatic rings. The maximum absolute atomic E-state index is 12.2. The third-order valence-electron chi connectivity index (χ3n) is 5.16. The van der Waals surface area contributed by atoms with Gasteiger partial charge in [0.05, 0.1) is 6.54 Å². The fourth-order valence-corrected chi connectivity index (χ4v) is 3.93. The molecular formula is C19H24Cl2N2O3. The van der Waals surface area contributed by atoms with E-state index < -0.39 is 5.97 Å². The van der Waals surface area contributed by atoms with E-state index in [1.165, 1.54) is 12.8 Å². The second-order valence-electron chi connectivity index (χ2n) is 7.39. The third kappa shape index (κ3) is 5.60. The van der Waals surface area contributed by atoms with Gasteiger partial charge in [-0.3, -0.25) is 14.5 Å². The molecule has 0 heterocycles. The lowest BCUT2D eigenvalue weighted by molar-refractivity contribution is -0.140. The van der Waals surface area contributed by atoms with E-state index in [1.807, 2.05) is 6.07 Å². The molecule has 1 aromatic carbocycles. The molecule has 7 heteroatoms. The first-order chi connectivity index (χ1) is 12.4. The molecule has 0 bridgehead atoms. The highest BCUT2D eigenvalue weighted by atomic mass is 35.5. The summed E-state index contributed by atoms with van der Waals surface area (Å²) in [7, 11) is 0. The Morgan fingerprint density at radius 3 is 2.58 bits per heavy atom. The molecule has 1 amide bonds. The summed E-state index contributed by atoms with van der Waals surface area (Å²) < 4.78 is 0. The first kappa shape index (κ1) is 19.5. The van der Waals surface area contributed by atoms with Crippen LogP contribution >= 0.6 is 23.2 Å². The molecule has 0 radical (unpaired) electrons. The molecule has 0 unspecified atom stereocenters. The Bertz CT molecular complexity index is 673. The smallest absolute Gasteiger partial charge is 0.317 e. The van der Waals surface area contributed by atoms with Crippen LogP contribution in [0.3, 0.4) is 0 Å². The van der Waals surface area contributed by atoms with Crippen LogP contribution in [0.25, 0.3) is 0 Å². The number of hydrogen-bond acceptors (Lipinski definition) is 3. The first-order valence-corrected chi connectivity index (χ1v) is 9.85. The Hall–Kier alpha value is -1.30. The fraction of sp³-hybridized carbons (Fsp3) is 0.579. The predicted octanol–water partition coefficient (Wildman–Crippen LogP) is 3.37. The summed E-state index contributed by atoms with van der Waals surface area (Å²) in [4.78, 5) is 25.3. The Labute approximate surface area is 163 Å². The number of rotatable bonds is 9. The second kappa shape index (κ2) is 8.59. The molecule has 0 aromatic heterocycles. The van der Waals surface area contributed by atoms with Gasteiger partial charge in [0, 0.05) is 35.1 Å². The number of carboxylic acids is 1. The topological polar surface area (TPSA) is 69.6 Å². The number of carbonyl (C=O) groups excluding carboxylic acids is 1. The number of hydrogen-bond donors (Lipinski definition) is 2. The number of aliphatic carboxylic acids is 1. The molecule has 2 saturated carbocycles. The van der Waals surface area contributed by atoms with Crippen molar-refractivity contribution in [1.29, 1.82) is 0 Å². The predicted molar refractivity (Wildman–Crippen MR) is 102 cm³/mol. The highest BCUT2D eigenvalue weighted by Crippen LogP contribution is 2.33. The Balaban J connectivity index is 1.40. The van der Waals surface area contributed by atoms with Crippen molar-refractivity contribution in [1.82, 2.24) is 10.2 Å². The van der Waals surface area contributed by atoms with E-state index in [0.717, 1.165) is 24.9 Å². The molecule has 2 aliphatic carbocycles. The van der Waals surface area contributed by atoms with E-state index in [0.29, 0.717) is 28.8 Å². The van der Waals surface area contributed by atoms with Gasteiger partial charge in [0.2, 0.25) is 5.91 Å². The van der Waals surface area contributed by atoms with E-state index in [-0.39, 0.29) is 24.5 Å². The van der Waals surface area contributed by atoms with Crippen molar-refractivity contribution < 1.29 is 14.7 Å². The number of benzene rings is 1. The fourth-order valence-electron chi connectivity index (χ4n) is 3.42. The Morgan fingerprint density at radius 1 is 1.23 bits per heavy atom. The van der Waals surface area contributed by atoms with Gasteiger partial charge in [-0.05, 0) is 55.7 Å².